The van der Waals surface area contributed by atoms with Crippen molar-refractivity contribution in [3.63, 3.8) is 0 Å². The third-order valence-electron chi connectivity index (χ3n) is 1.81. The molecule has 0 aliphatic rings. The Labute approximate surface area is 111 Å². The summed E-state index contributed by atoms with van der Waals surface area (Å²) in [5, 5.41) is 8.71. The highest BCUT2D eigenvalue weighted by molar-refractivity contribution is 6.67. The molecular weight excluding hydrogens is 319 g/mol. The average molecular weight is 321 g/mol. The Kier molecular flexibility index (Phi) is 4.43. The van der Waals surface area contributed by atoms with Crippen LogP contribution in [0.25, 0.3) is 0 Å². The van der Waals surface area contributed by atoms with Gasteiger partial charge >= 0.3 is 12.2 Å². The standard InChI is InChI=1S/C8H2ClF5N2O4/c9-6(17)4-5(20-8(12,13)14)2(7(10)11)1-3(15-4)16(18)19/h1,7H. The molecule has 0 saturated carbocycles. The first-order chi connectivity index (χ1) is 9.03. The molecule has 0 N–H and O–H groups in total. The van der Waals surface area contributed by atoms with Gasteiger partial charge in [-0.05, 0) is 21.5 Å². The van der Waals surface area contributed by atoms with E-state index in [4.69, 9.17) is 11.6 Å². The van der Waals surface area contributed by atoms with Crippen molar-refractivity contribution in [2.45, 2.75) is 12.8 Å². The Morgan fingerprint density at radius 1 is 1.45 bits per heavy atom. The summed E-state index contributed by atoms with van der Waals surface area (Å²) in [5.41, 5.74) is -2.94. The van der Waals surface area contributed by atoms with Crippen LogP contribution >= 0.6 is 11.6 Å². The number of pyridine rings is 1. The quantitative estimate of drug-likeness (QED) is 0.368. The lowest BCUT2D eigenvalue weighted by molar-refractivity contribution is -0.389. The average Bonchev–Trinajstić information content (AvgIpc) is 2.25. The number of alkyl halides is 5. The molecule has 0 bridgehead atoms. The highest BCUT2D eigenvalue weighted by Gasteiger charge is 2.39. The van der Waals surface area contributed by atoms with Crippen molar-refractivity contribution in [1.29, 1.82) is 0 Å². The molecular formula is C8H2ClF5N2O4. The molecule has 12 heteroatoms. The Morgan fingerprint density at radius 3 is 2.35 bits per heavy atom. The van der Waals surface area contributed by atoms with Gasteiger partial charge in [-0.2, -0.15) is 0 Å². The van der Waals surface area contributed by atoms with Gasteiger partial charge in [0.15, 0.2) is 5.75 Å². The highest BCUT2D eigenvalue weighted by Crippen LogP contribution is 2.37. The maximum atomic E-state index is 12.6. The molecule has 0 unspecified atom stereocenters. The molecule has 1 rings (SSSR count). The van der Waals surface area contributed by atoms with E-state index >= 15 is 0 Å². The molecule has 1 aromatic heterocycles. The summed E-state index contributed by atoms with van der Waals surface area (Å²) in [7, 11) is 0. The number of hydrogen-bond donors (Lipinski definition) is 0. The van der Waals surface area contributed by atoms with E-state index in [0.717, 1.165) is 0 Å². The van der Waals surface area contributed by atoms with E-state index in [1.54, 1.807) is 0 Å². The summed E-state index contributed by atoms with van der Waals surface area (Å²) in [4.78, 5) is 22.9. The van der Waals surface area contributed by atoms with Crippen LogP contribution in [0.1, 0.15) is 22.5 Å². The maximum Gasteiger partial charge on any atom is 0.573 e. The van der Waals surface area contributed by atoms with E-state index in [2.05, 4.69) is 9.72 Å². The van der Waals surface area contributed by atoms with Gasteiger partial charge < -0.3 is 14.9 Å². The van der Waals surface area contributed by atoms with E-state index in [9.17, 15) is 36.9 Å². The van der Waals surface area contributed by atoms with Gasteiger partial charge in [-0.3, -0.25) is 4.79 Å². The van der Waals surface area contributed by atoms with Gasteiger partial charge in [0.1, 0.15) is 0 Å². The number of halogens is 6. The second-order valence-corrected chi connectivity index (χ2v) is 3.47. The molecule has 0 atom stereocenters. The van der Waals surface area contributed by atoms with Crippen molar-refractivity contribution in [3.05, 3.63) is 27.4 Å². The summed E-state index contributed by atoms with van der Waals surface area (Å²) in [5.74, 6) is -2.93. The van der Waals surface area contributed by atoms with Crippen molar-refractivity contribution < 1.29 is 36.4 Å². The van der Waals surface area contributed by atoms with Crippen LogP contribution in [0.5, 0.6) is 5.75 Å². The van der Waals surface area contributed by atoms with Gasteiger partial charge in [0.2, 0.25) is 0 Å². The molecule has 110 valence electrons. The summed E-state index contributed by atoms with van der Waals surface area (Å²) < 4.78 is 64.8. The first-order valence-electron chi connectivity index (χ1n) is 4.46. The van der Waals surface area contributed by atoms with Crippen LogP contribution in [0.3, 0.4) is 0 Å². The Hall–Kier alpha value is -2.04. The molecule has 0 radical (unpaired) electrons. The molecule has 1 heterocycles. The Bertz CT molecular complexity index is 563. The van der Waals surface area contributed by atoms with Crippen LogP contribution in [-0.2, 0) is 0 Å². The van der Waals surface area contributed by atoms with Crippen molar-refractivity contribution in [1.82, 2.24) is 4.98 Å². The van der Waals surface area contributed by atoms with Crippen LogP contribution in [0.15, 0.2) is 6.07 Å². The third-order valence-corrected chi connectivity index (χ3v) is 1.99. The minimum absolute atomic E-state index is 0.0646. The van der Waals surface area contributed by atoms with E-state index in [1.165, 1.54) is 0 Å². The lowest BCUT2D eigenvalue weighted by Crippen LogP contribution is -2.21. The van der Waals surface area contributed by atoms with Gasteiger partial charge in [-0.1, -0.05) is 0 Å². The van der Waals surface area contributed by atoms with Crippen LogP contribution < -0.4 is 4.74 Å². The van der Waals surface area contributed by atoms with Gasteiger partial charge in [0.25, 0.3) is 17.4 Å². The van der Waals surface area contributed by atoms with Crippen LogP contribution in [-0.4, -0.2) is 21.5 Å². The second kappa shape index (κ2) is 5.53. The number of hydrogen-bond acceptors (Lipinski definition) is 5. The maximum absolute atomic E-state index is 12.6. The van der Waals surface area contributed by atoms with E-state index in [0.29, 0.717) is 0 Å². The fourth-order valence-electron chi connectivity index (χ4n) is 1.15. The number of nitro groups is 1. The van der Waals surface area contributed by atoms with Crippen molar-refractivity contribution in [3.8, 4) is 5.75 Å². The monoisotopic (exact) mass is 320 g/mol. The number of carbonyl (C=O) groups excluding carboxylic acids is 1. The number of aromatic nitrogens is 1. The van der Waals surface area contributed by atoms with Gasteiger partial charge in [0.05, 0.1) is 5.56 Å². The number of carbonyl (C=O) groups is 1. The molecule has 1 aromatic rings. The molecule has 6 nitrogen and oxygen atoms in total. The molecule has 0 saturated heterocycles. The predicted molar refractivity (Wildman–Crippen MR) is 52.7 cm³/mol. The molecule has 0 fully saturated rings. The normalized spacial score (nSPS) is 11.6. The predicted octanol–water partition coefficient (Wildman–Crippen LogP) is 3.21. The molecule has 0 aliphatic heterocycles. The zero-order valence-corrected chi connectivity index (χ0v) is 9.71. The Morgan fingerprint density at radius 2 is 2.00 bits per heavy atom. The third kappa shape index (κ3) is 3.73. The smallest absolute Gasteiger partial charge is 0.400 e. The largest absolute Gasteiger partial charge is 0.573 e. The summed E-state index contributed by atoms with van der Waals surface area (Å²) in [6.45, 7) is 0. The van der Waals surface area contributed by atoms with E-state index < -0.39 is 45.8 Å². The zero-order valence-electron chi connectivity index (χ0n) is 8.95. The zero-order chi connectivity index (χ0) is 15.7. The first kappa shape index (κ1) is 16.0. The summed E-state index contributed by atoms with van der Waals surface area (Å²) in [6, 6.07) is 0.0646. The lowest BCUT2D eigenvalue weighted by Gasteiger charge is -2.12. The first-order valence-corrected chi connectivity index (χ1v) is 4.83. The van der Waals surface area contributed by atoms with Gasteiger partial charge in [-0.25, -0.2) is 8.78 Å². The van der Waals surface area contributed by atoms with E-state index in [1.807, 2.05) is 0 Å². The Balaban J connectivity index is 3.59. The number of ether oxygens (including phenoxy) is 1. The fraction of sp³-hybridized carbons (Fsp3) is 0.250. The molecule has 0 amide bonds. The number of rotatable bonds is 4. The van der Waals surface area contributed by atoms with E-state index in [-0.39, 0.29) is 6.07 Å². The lowest BCUT2D eigenvalue weighted by atomic mass is 10.2. The minimum Gasteiger partial charge on any atom is -0.400 e. The molecule has 0 aromatic carbocycles. The highest BCUT2D eigenvalue weighted by atomic mass is 35.5. The minimum atomic E-state index is -5.41. The second-order valence-electron chi connectivity index (χ2n) is 3.13. The number of nitrogens with zero attached hydrogens (tertiary/aromatic N) is 2. The molecule has 20 heavy (non-hydrogen) atoms. The fourth-order valence-corrected chi connectivity index (χ4v) is 1.28. The van der Waals surface area contributed by atoms with Crippen molar-refractivity contribution >= 4 is 22.7 Å². The topological polar surface area (TPSA) is 82.3 Å². The van der Waals surface area contributed by atoms with Crippen LogP contribution in [0.4, 0.5) is 27.8 Å². The van der Waals surface area contributed by atoms with Crippen molar-refractivity contribution in [2.24, 2.45) is 0 Å². The van der Waals surface area contributed by atoms with Gasteiger partial charge in [0, 0.05) is 6.07 Å². The van der Waals surface area contributed by atoms with Crippen molar-refractivity contribution in [2.75, 3.05) is 0 Å². The van der Waals surface area contributed by atoms with Crippen LogP contribution in [0.2, 0.25) is 0 Å². The molecule has 0 spiro atoms. The SMILES string of the molecule is O=C(Cl)c1nc([N+](=O)[O-])cc(C(F)F)c1OC(F)(F)F. The summed E-state index contributed by atoms with van der Waals surface area (Å²) in [6.07, 6.45) is -8.99. The summed E-state index contributed by atoms with van der Waals surface area (Å²) >= 11 is 4.87. The van der Waals surface area contributed by atoms with Crippen LogP contribution in [0, 0.1) is 10.1 Å². The molecule has 0 aliphatic carbocycles. The van der Waals surface area contributed by atoms with Gasteiger partial charge in [-0.15, -0.1) is 13.2 Å².